The van der Waals surface area contributed by atoms with Crippen LogP contribution in [0.4, 0.5) is 10.5 Å². The number of pyridine rings is 1. The van der Waals surface area contributed by atoms with Crippen LogP contribution in [-0.2, 0) is 7.05 Å². The number of anilines is 1. The Morgan fingerprint density at radius 3 is 2.56 bits per heavy atom. The number of piperazine rings is 1. The first-order valence-electron chi connectivity index (χ1n) is 11.0. The minimum absolute atomic E-state index is 0.106. The van der Waals surface area contributed by atoms with E-state index in [9.17, 15) is 9.59 Å². The number of imidazole rings is 1. The number of nitrogens with one attached hydrogen (secondary N) is 1. The summed E-state index contributed by atoms with van der Waals surface area (Å²) in [6.07, 6.45) is 4.47. The predicted octanol–water partition coefficient (Wildman–Crippen LogP) is 2.73. The van der Waals surface area contributed by atoms with Gasteiger partial charge in [-0.15, -0.1) is 0 Å². The molecule has 0 atom stereocenters. The average Bonchev–Trinajstić information content (AvgIpc) is 3.43. The Balaban J connectivity index is 1.30. The molecule has 1 N–H and O–H groups in total. The molecule has 34 heavy (non-hydrogen) atoms. The van der Waals surface area contributed by atoms with Gasteiger partial charge >= 0.3 is 6.09 Å². The minimum atomic E-state index is -0.713. The van der Waals surface area contributed by atoms with Gasteiger partial charge in [0.15, 0.2) is 0 Å². The van der Waals surface area contributed by atoms with Gasteiger partial charge in [-0.3, -0.25) is 10.1 Å². The van der Waals surface area contributed by atoms with Gasteiger partial charge in [-0.05, 0) is 13.1 Å². The van der Waals surface area contributed by atoms with Gasteiger partial charge in [0.2, 0.25) is 5.88 Å². The van der Waals surface area contributed by atoms with Crippen molar-refractivity contribution in [2.75, 3.05) is 38.5 Å². The fourth-order valence-corrected chi connectivity index (χ4v) is 3.91. The van der Waals surface area contributed by atoms with Crippen LogP contribution in [0.1, 0.15) is 10.4 Å². The normalized spacial score (nSPS) is 14.4. The number of carbonyl (C=O) groups excluding carboxylic acids is 2. The quantitative estimate of drug-likeness (QED) is 0.504. The number of nitrogens with zero attached hydrogens (tertiary/aromatic N) is 6. The largest absolute Gasteiger partial charge is 0.418 e. The molecular formula is C24H25N7O3. The Labute approximate surface area is 196 Å². The summed E-state index contributed by atoms with van der Waals surface area (Å²) in [4.78, 5) is 34.2. The fraction of sp³-hybridized carbons (Fsp3) is 0.250. The summed E-state index contributed by atoms with van der Waals surface area (Å²) in [5, 5.41) is 6.83. The first kappa shape index (κ1) is 21.7. The summed E-state index contributed by atoms with van der Waals surface area (Å²) < 4.78 is 8.77. The van der Waals surface area contributed by atoms with Gasteiger partial charge in [-0.25, -0.2) is 14.5 Å². The maximum Gasteiger partial charge on any atom is 0.418 e. The first-order valence-corrected chi connectivity index (χ1v) is 11.0. The zero-order valence-corrected chi connectivity index (χ0v) is 19.0. The van der Waals surface area contributed by atoms with Gasteiger partial charge in [0.05, 0.1) is 11.9 Å². The molecule has 1 fully saturated rings. The van der Waals surface area contributed by atoms with Crippen molar-refractivity contribution in [2.24, 2.45) is 7.05 Å². The van der Waals surface area contributed by atoms with Crippen molar-refractivity contribution in [1.82, 2.24) is 29.0 Å². The first-order chi connectivity index (χ1) is 16.5. The number of rotatable bonds is 4. The van der Waals surface area contributed by atoms with Crippen LogP contribution >= 0.6 is 0 Å². The van der Waals surface area contributed by atoms with Crippen molar-refractivity contribution in [3.05, 3.63) is 66.6 Å². The smallest absolute Gasteiger partial charge is 0.390 e. The predicted molar refractivity (Wildman–Crippen MR) is 127 cm³/mol. The molecule has 1 aliphatic heterocycles. The molecule has 0 aliphatic carbocycles. The molecule has 0 unspecified atom stereocenters. The van der Waals surface area contributed by atoms with Gasteiger partial charge in [0, 0.05) is 62.9 Å². The number of carbonyl (C=O) groups is 2. The molecule has 4 heterocycles. The molecule has 4 aromatic rings. The number of aromatic nitrogens is 4. The highest BCUT2D eigenvalue weighted by Gasteiger charge is 2.27. The molecule has 0 bridgehead atoms. The number of aryl methyl sites for hydroxylation is 1. The Hall–Kier alpha value is -4.18. The van der Waals surface area contributed by atoms with Crippen LogP contribution in [0.15, 0.2) is 61.1 Å². The molecule has 0 spiro atoms. The second-order valence-corrected chi connectivity index (χ2v) is 8.27. The number of benzene rings is 1. The number of fused-ring (bicyclic) bond motifs is 1. The molecule has 5 rings (SSSR count). The van der Waals surface area contributed by atoms with Gasteiger partial charge in [-0.1, -0.05) is 30.3 Å². The second-order valence-electron chi connectivity index (χ2n) is 8.27. The SMILES string of the molecule is CN1CCN(C(=O)c2cnn(C)c2OC(=O)Nc2ccn3cc(-c4ccccc4)nc3c2)CC1. The van der Waals surface area contributed by atoms with E-state index >= 15 is 0 Å². The van der Waals surface area contributed by atoms with Crippen molar-refractivity contribution >= 4 is 23.3 Å². The zero-order valence-electron chi connectivity index (χ0n) is 19.0. The summed E-state index contributed by atoms with van der Waals surface area (Å²) in [6, 6.07) is 13.4. The highest BCUT2D eigenvalue weighted by atomic mass is 16.6. The van der Waals surface area contributed by atoms with Crippen LogP contribution in [0.25, 0.3) is 16.9 Å². The second kappa shape index (κ2) is 8.99. The van der Waals surface area contributed by atoms with Crippen molar-refractivity contribution in [3.8, 4) is 17.1 Å². The lowest BCUT2D eigenvalue weighted by Crippen LogP contribution is -2.47. The standard InChI is InChI=1S/C24H25N7O3/c1-28-10-12-30(13-11-28)22(32)19-15-25-29(2)23(19)34-24(33)26-18-8-9-31-16-20(27-21(31)14-18)17-6-4-3-5-7-17/h3-9,14-16H,10-13H2,1-2H3,(H,26,33). The van der Waals surface area contributed by atoms with Crippen LogP contribution in [0.3, 0.4) is 0 Å². The Morgan fingerprint density at radius 2 is 1.79 bits per heavy atom. The van der Waals surface area contributed by atoms with E-state index in [-0.39, 0.29) is 17.4 Å². The Morgan fingerprint density at radius 1 is 1.03 bits per heavy atom. The fourth-order valence-electron chi connectivity index (χ4n) is 3.91. The molecule has 10 heteroatoms. The van der Waals surface area contributed by atoms with E-state index in [0.29, 0.717) is 24.4 Å². The molecule has 3 aromatic heterocycles. The molecule has 1 aromatic carbocycles. The molecule has 0 radical (unpaired) electrons. The third kappa shape index (κ3) is 4.35. The number of hydrogen-bond acceptors (Lipinski definition) is 6. The van der Waals surface area contributed by atoms with E-state index < -0.39 is 6.09 Å². The molecule has 0 saturated carbocycles. The van der Waals surface area contributed by atoms with E-state index in [2.05, 4.69) is 20.3 Å². The van der Waals surface area contributed by atoms with Crippen molar-refractivity contribution in [1.29, 1.82) is 0 Å². The summed E-state index contributed by atoms with van der Waals surface area (Å²) >= 11 is 0. The molecule has 2 amide bonds. The van der Waals surface area contributed by atoms with Gasteiger partial charge in [0.25, 0.3) is 5.91 Å². The Kier molecular flexibility index (Phi) is 5.72. The van der Waals surface area contributed by atoms with E-state index in [4.69, 9.17) is 4.74 Å². The average molecular weight is 460 g/mol. The number of ether oxygens (including phenoxy) is 1. The zero-order chi connectivity index (χ0) is 23.7. The molecule has 1 aliphatic rings. The van der Waals surface area contributed by atoms with Crippen molar-refractivity contribution < 1.29 is 14.3 Å². The number of amides is 2. The third-order valence-corrected chi connectivity index (χ3v) is 5.87. The number of likely N-dealkylation sites (N-methyl/N-ethyl adjacent to an activating group) is 1. The molecule has 10 nitrogen and oxygen atoms in total. The minimum Gasteiger partial charge on any atom is -0.390 e. The van der Waals surface area contributed by atoms with Gasteiger partial charge < -0.3 is 18.9 Å². The summed E-state index contributed by atoms with van der Waals surface area (Å²) in [5.41, 5.74) is 3.31. The van der Waals surface area contributed by atoms with E-state index in [1.807, 2.05) is 54.2 Å². The van der Waals surface area contributed by atoms with Crippen LogP contribution < -0.4 is 10.1 Å². The monoisotopic (exact) mass is 459 g/mol. The van der Waals surface area contributed by atoms with Crippen LogP contribution in [-0.4, -0.2) is 74.2 Å². The Bertz CT molecular complexity index is 1340. The lowest BCUT2D eigenvalue weighted by Gasteiger charge is -2.32. The van der Waals surface area contributed by atoms with Crippen molar-refractivity contribution in [3.63, 3.8) is 0 Å². The lowest BCUT2D eigenvalue weighted by molar-refractivity contribution is 0.0661. The summed E-state index contributed by atoms with van der Waals surface area (Å²) in [6.45, 7) is 2.83. The van der Waals surface area contributed by atoms with Crippen molar-refractivity contribution in [2.45, 2.75) is 0 Å². The summed E-state index contributed by atoms with van der Waals surface area (Å²) in [7, 11) is 3.65. The third-order valence-electron chi connectivity index (χ3n) is 5.87. The lowest BCUT2D eigenvalue weighted by atomic mass is 10.2. The highest BCUT2D eigenvalue weighted by molar-refractivity contribution is 5.97. The maximum atomic E-state index is 13.0. The topological polar surface area (TPSA) is 97.0 Å². The van der Waals surface area contributed by atoms with E-state index in [0.717, 1.165) is 24.3 Å². The maximum absolute atomic E-state index is 13.0. The van der Waals surface area contributed by atoms with Crippen LogP contribution in [0.2, 0.25) is 0 Å². The van der Waals surface area contributed by atoms with Gasteiger partial charge in [-0.2, -0.15) is 5.10 Å². The number of hydrogen-bond donors (Lipinski definition) is 1. The summed E-state index contributed by atoms with van der Waals surface area (Å²) in [5.74, 6) is -0.0917. The molecule has 174 valence electrons. The van der Waals surface area contributed by atoms with Gasteiger partial charge in [0.1, 0.15) is 11.2 Å². The highest BCUT2D eigenvalue weighted by Crippen LogP contribution is 2.23. The molecule has 1 saturated heterocycles. The molecular weight excluding hydrogens is 434 g/mol. The van der Waals surface area contributed by atoms with Crippen LogP contribution in [0, 0.1) is 0 Å². The van der Waals surface area contributed by atoms with Crippen LogP contribution in [0.5, 0.6) is 5.88 Å². The van der Waals surface area contributed by atoms with E-state index in [1.54, 1.807) is 24.1 Å². The van der Waals surface area contributed by atoms with E-state index in [1.165, 1.54) is 10.9 Å².